The maximum atomic E-state index is 12.3. The number of carbonyl (C=O) groups excluding carboxylic acids is 1. The van der Waals surface area contributed by atoms with Crippen LogP contribution in [0.3, 0.4) is 0 Å². The quantitative estimate of drug-likeness (QED) is 0.614. The van der Waals surface area contributed by atoms with Gasteiger partial charge in [0, 0.05) is 30.8 Å². The van der Waals surface area contributed by atoms with E-state index in [9.17, 15) is 9.59 Å². The zero-order valence-corrected chi connectivity index (χ0v) is 15.4. The van der Waals surface area contributed by atoms with Gasteiger partial charge in [-0.15, -0.1) is 10.2 Å². The summed E-state index contributed by atoms with van der Waals surface area (Å²) in [4.78, 5) is 26.8. The van der Waals surface area contributed by atoms with E-state index in [1.54, 1.807) is 31.6 Å². The number of aromatic nitrogens is 4. The summed E-state index contributed by atoms with van der Waals surface area (Å²) in [5.41, 5.74) is 1.96. The second-order valence-corrected chi connectivity index (χ2v) is 6.27. The molecule has 9 heteroatoms. The lowest BCUT2D eigenvalue weighted by molar-refractivity contribution is 0.185. The standard InChI is InChI=1S/C18H22N6O3/c1-11-8-16(25)22-15-9-13(4-5-14(11)15)21-18(26)20-12(2)17-23-19-10-24(17)6-7-27-3/h4-5,8-10,12H,6-7H2,1-3H3,(H,22,25)(H2,20,21,26). The Morgan fingerprint density at radius 3 is 2.96 bits per heavy atom. The predicted octanol–water partition coefficient (Wildman–Crippen LogP) is 1.96. The van der Waals surface area contributed by atoms with E-state index in [0.717, 1.165) is 10.9 Å². The summed E-state index contributed by atoms with van der Waals surface area (Å²) in [5.74, 6) is 0.640. The number of fused-ring (bicyclic) bond motifs is 1. The molecule has 0 aliphatic heterocycles. The molecule has 1 unspecified atom stereocenters. The third kappa shape index (κ3) is 4.32. The Morgan fingerprint density at radius 1 is 1.37 bits per heavy atom. The van der Waals surface area contributed by atoms with Crippen molar-refractivity contribution in [1.82, 2.24) is 25.1 Å². The first-order chi connectivity index (χ1) is 13.0. The van der Waals surface area contributed by atoms with Crippen molar-refractivity contribution in [3.05, 3.63) is 52.3 Å². The highest BCUT2D eigenvalue weighted by molar-refractivity contribution is 5.93. The summed E-state index contributed by atoms with van der Waals surface area (Å²) in [6.45, 7) is 4.83. The number of hydrogen-bond donors (Lipinski definition) is 3. The van der Waals surface area contributed by atoms with Crippen LogP contribution in [-0.2, 0) is 11.3 Å². The molecule has 0 spiro atoms. The number of hydrogen-bond acceptors (Lipinski definition) is 5. The van der Waals surface area contributed by atoms with Gasteiger partial charge in [-0.25, -0.2) is 4.79 Å². The van der Waals surface area contributed by atoms with Crippen molar-refractivity contribution in [2.45, 2.75) is 26.4 Å². The van der Waals surface area contributed by atoms with Crippen molar-refractivity contribution in [3.63, 3.8) is 0 Å². The van der Waals surface area contributed by atoms with E-state index in [-0.39, 0.29) is 17.6 Å². The van der Waals surface area contributed by atoms with Crippen LogP contribution in [0.15, 0.2) is 35.4 Å². The summed E-state index contributed by atoms with van der Waals surface area (Å²) in [6, 6.07) is 6.21. The SMILES string of the molecule is COCCn1cnnc1C(C)NC(=O)Nc1ccc2c(C)cc(=O)[nH]c2c1. The van der Waals surface area contributed by atoms with Gasteiger partial charge in [0.1, 0.15) is 6.33 Å². The maximum absolute atomic E-state index is 12.3. The van der Waals surface area contributed by atoms with Crippen LogP contribution in [0.5, 0.6) is 0 Å². The summed E-state index contributed by atoms with van der Waals surface area (Å²) in [6.07, 6.45) is 1.60. The topological polar surface area (TPSA) is 114 Å². The number of aromatic amines is 1. The van der Waals surface area contributed by atoms with Gasteiger partial charge in [0.15, 0.2) is 5.82 Å². The summed E-state index contributed by atoms with van der Waals surface area (Å²) >= 11 is 0. The molecule has 0 aliphatic rings. The van der Waals surface area contributed by atoms with Gasteiger partial charge >= 0.3 is 6.03 Å². The molecule has 2 aromatic heterocycles. The van der Waals surface area contributed by atoms with Crippen LogP contribution in [0.2, 0.25) is 0 Å². The largest absolute Gasteiger partial charge is 0.383 e. The molecule has 1 aromatic carbocycles. The number of ether oxygens (including phenoxy) is 1. The second kappa shape index (κ2) is 8.00. The lowest BCUT2D eigenvalue weighted by Crippen LogP contribution is -2.32. The Kier molecular flexibility index (Phi) is 5.51. The van der Waals surface area contributed by atoms with E-state index in [2.05, 4.69) is 25.8 Å². The maximum Gasteiger partial charge on any atom is 0.319 e. The van der Waals surface area contributed by atoms with Gasteiger partial charge in [-0.1, -0.05) is 6.07 Å². The average molecular weight is 370 g/mol. The number of urea groups is 1. The molecule has 1 atom stereocenters. The first kappa shape index (κ1) is 18.6. The highest BCUT2D eigenvalue weighted by Crippen LogP contribution is 2.19. The van der Waals surface area contributed by atoms with Crippen molar-refractivity contribution in [2.24, 2.45) is 0 Å². The molecule has 27 heavy (non-hydrogen) atoms. The third-order valence-electron chi connectivity index (χ3n) is 4.22. The predicted molar refractivity (Wildman–Crippen MR) is 102 cm³/mol. The Labute approximate surface area is 155 Å². The van der Waals surface area contributed by atoms with Crippen LogP contribution in [0.25, 0.3) is 10.9 Å². The fourth-order valence-corrected chi connectivity index (χ4v) is 2.90. The molecule has 0 bridgehead atoms. The number of carbonyl (C=O) groups is 1. The Balaban J connectivity index is 1.69. The van der Waals surface area contributed by atoms with Crippen molar-refractivity contribution in [1.29, 1.82) is 0 Å². The van der Waals surface area contributed by atoms with Crippen LogP contribution >= 0.6 is 0 Å². The monoisotopic (exact) mass is 370 g/mol. The van der Waals surface area contributed by atoms with Crippen LogP contribution < -0.4 is 16.2 Å². The zero-order chi connectivity index (χ0) is 19.4. The molecule has 142 valence electrons. The van der Waals surface area contributed by atoms with Crippen LogP contribution in [0.4, 0.5) is 10.5 Å². The number of pyridine rings is 1. The third-order valence-corrected chi connectivity index (χ3v) is 4.22. The van der Waals surface area contributed by atoms with Crippen molar-refractivity contribution >= 4 is 22.6 Å². The van der Waals surface area contributed by atoms with E-state index < -0.39 is 0 Å². The fourth-order valence-electron chi connectivity index (χ4n) is 2.90. The molecular weight excluding hydrogens is 348 g/mol. The van der Waals surface area contributed by atoms with Crippen molar-refractivity contribution in [2.75, 3.05) is 19.0 Å². The molecule has 3 aromatic rings. The molecule has 0 saturated heterocycles. The number of rotatable bonds is 6. The molecule has 2 heterocycles. The second-order valence-electron chi connectivity index (χ2n) is 6.27. The molecule has 0 fully saturated rings. The fraction of sp³-hybridized carbons (Fsp3) is 0.333. The molecule has 3 rings (SSSR count). The van der Waals surface area contributed by atoms with E-state index in [4.69, 9.17) is 4.74 Å². The molecule has 0 aliphatic carbocycles. The highest BCUT2D eigenvalue weighted by Gasteiger charge is 2.16. The van der Waals surface area contributed by atoms with Gasteiger partial charge in [-0.2, -0.15) is 0 Å². The number of H-pyrrole nitrogens is 1. The molecule has 0 radical (unpaired) electrons. The number of methoxy groups -OCH3 is 1. The van der Waals surface area contributed by atoms with Gasteiger partial charge in [-0.05, 0) is 31.5 Å². The van der Waals surface area contributed by atoms with Gasteiger partial charge in [-0.3, -0.25) is 4.79 Å². The number of benzene rings is 1. The van der Waals surface area contributed by atoms with Crippen LogP contribution in [0.1, 0.15) is 24.4 Å². The molecular formula is C18H22N6O3. The van der Waals surface area contributed by atoms with Crippen molar-refractivity contribution < 1.29 is 9.53 Å². The zero-order valence-electron chi connectivity index (χ0n) is 15.4. The first-order valence-electron chi connectivity index (χ1n) is 8.56. The van der Waals surface area contributed by atoms with Gasteiger partial charge in [0.2, 0.25) is 5.56 Å². The average Bonchev–Trinajstić information content (AvgIpc) is 3.08. The van der Waals surface area contributed by atoms with Gasteiger partial charge in [0.25, 0.3) is 0 Å². The molecule has 2 amide bonds. The van der Waals surface area contributed by atoms with Crippen LogP contribution in [0, 0.1) is 6.92 Å². The molecule has 0 saturated carbocycles. The minimum Gasteiger partial charge on any atom is -0.383 e. The van der Waals surface area contributed by atoms with E-state index in [1.165, 1.54) is 0 Å². The van der Waals surface area contributed by atoms with Gasteiger partial charge < -0.3 is 24.9 Å². The number of aryl methyl sites for hydroxylation is 1. The van der Waals surface area contributed by atoms with Crippen molar-refractivity contribution in [3.8, 4) is 0 Å². The number of nitrogens with zero attached hydrogens (tertiary/aromatic N) is 3. The smallest absolute Gasteiger partial charge is 0.319 e. The summed E-state index contributed by atoms with van der Waals surface area (Å²) in [5, 5.41) is 14.5. The van der Waals surface area contributed by atoms with Gasteiger partial charge in [0.05, 0.1) is 18.2 Å². The lowest BCUT2D eigenvalue weighted by Gasteiger charge is -2.15. The number of anilines is 1. The summed E-state index contributed by atoms with van der Waals surface area (Å²) in [7, 11) is 1.62. The van der Waals surface area contributed by atoms with E-state index in [0.29, 0.717) is 30.2 Å². The normalized spacial score (nSPS) is 12.1. The Hall–Kier alpha value is -3.20. The number of amides is 2. The first-order valence-corrected chi connectivity index (χ1v) is 8.56. The molecule has 3 N–H and O–H groups in total. The number of nitrogens with one attached hydrogen (secondary N) is 3. The van der Waals surface area contributed by atoms with E-state index in [1.807, 2.05) is 24.5 Å². The minimum atomic E-state index is -0.377. The Bertz CT molecular complexity index is 1010. The Morgan fingerprint density at radius 2 is 2.19 bits per heavy atom. The lowest BCUT2D eigenvalue weighted by atomic mass is 10.1. The van der Waals surface area contributed by atoms with E-state index >= 15 is 0 Å². The van der Waals surface area contributed by atoms with Crippen LogP contribution in [-0.4, -0.2) is 39.5 Å². The summed E-state index contributed by atoms with van der Waals surface area (Å²) < 4.78 is 6.89. The minimum absolute atomic E-state index is 0.175. The highest BCUT2D eigenvalue weighted by atomic mass is 16.5. The molecule has 9 nitrogen and oxygen atoms in total.